The van der Waals surface area contributed by atoms with E-state index in [-0.39, 0.29) is 24.8 Å². The van der Waals surface area contributed by atoms with Crippen LogP contribution >= 0.6 is 0 Å². The van der Waals surface area contributed by atoms with E-state index in [4.69, 9.17) is 0 Å². The van der Waals surface area contributed by atoms with E-state index in [9.17, 15) is 9.59 Å². The number of carbonyl (C=O) groups is 2. The van der Waals surface area contributed by atoms with Crippen molar-refractivity contribution in [2.24, 2.45) is 0 Å². The number of amides is 2. The smallest absolute Gasteiger partial charge is 0.239 e. The summed E-state index contributed by atoms with van der Waals surface area (Å²) in [6.45, 7) is 1.27. The van der Waals surface area contributed by atoms with Crippen molar-refractivity contribution < 1.29 is 9.59 Å². The molecule has 84 valence electrons. The molecule has 1 aliphatic heterocycles. The van der Waals surface area contributed by atoms with E-state index >= 15 is 0 Å². The fraction of sp³-hybridized carbons (Fsp3) is 0.364. The van der Waals surface area contributed by atoms with Gasteiger partial charge in [-0.15, -0.1) is 0 Å². The molecule has 0 atom stereocenters. The largest absolute Gasteiger partial charge is 0.353 e. The highest BCUT2D eigenvalue weighted by molar-refractivity contribution is 5.86. The number of nitrogens with zero attached hydrogens (tertiary/aromatic N) is 2. The Morgan fingerprint density at radius 1 is 1.50 bits per heavy atom. The number of aromatic nitrogens is 1. The molecule has 2 amide bonds. The summed E-state index contributed by atoms with van der Waals surface area (Å²) < 4.78 is 0. The molecule has 1 aromatic heterocycles. The molecule has 1 aliphatic rings. The maximum absolute atomic E-state index is 11.8. The summed E-state index contributed by atoms with van der Waals surface area (Å²) in [7, 11) is 0. The second kappa shape index (κ2) is 4.74. The first-order valence-electron chi connectivity index (χ1n) is 5.20. The highest BCUT2D eigenvalue weighted by Crippen LogP contribution is 2.01. The Balaban J connectivity index is 1.95. The van der Waals surface area contributed by atoms with E-state index in [0.717, 1.165) is 5.69 Å². The highest BCUT2D eigenvalue weighted by Gasteiger charge is 2.21. The summed E-state index contributed by atoms with van der Waals surface area (Å²) in [4.78, 5) is 28.6. The van der Waals surface area contributed by atoms with Gasteiger partial charge in [-0.25, -0.2) is 0 Å². The summed E-state index contributed by atoms with van der Waals surface area (Å²) in [5.41, 5.74) is 0.735. The molecule has 2 rings (SSSR count). The first kappa shape index (κ1) is 10.6. The lowest BCUT2D eigenvalue weighted by Crippen LogP contribution is -2.50. The zero-order chi connectivity index (χ0) is 11.4. The van der Waals surface area contributed by atoms with Gasteiger partial charge in [0.1, 0.15) is 0 Å². The fourth-order valence-corrected chi connectivity index (χ4v) is 1.62. The average molecular weight is 219 g/mol. The van der Waals surface area contributed by atoms with Gasteiger partial charge in [-0.2, -0.15) is 0 Å². The van der Waals surface area contributed by atoms with Gasteiger partial charge in [0.25, 0.3) is 0 Å². The van der Waals surface area contributed by atoms with Crippen molar-refractivity contribution in [2.45, 2.75) is 6.42 Å². The molecule has 0 unspecified atom stereocenters. The summed E-state index contributed by atoms with van der Waals surface area (Å²) in [6.07, 6.45) is 1.92. The molecule has 0 spiro atoms. The molecule has 0 aromatic carbocycles. The van der Waals surface area contributed by atoms with Gasteiger partial charge in [0.15, 0.2) is 0 Å². The van der Waals surface area contributed by atoms with Gasteiger partial charge >= 0.3 is 0 Å². The average Bonchev–Trinajstić information content (AvgIpc) is 2.30. The normalized spacial score (nSPS) is 15.8. The Morgan fingerprint density at radius 3 is 3.06 bits per heavy atom. The summed E-state index contributed by atoms with van der Waals surface area (Å²) >= 11 is 0. The maximum Gasteiger partial charge on any atom is 0.239 e. The van der Waals surface area contributed by atoms with Gasteiger partial charge < -0.3 is 10.2 Å². The van der Waals surface area contributed by atoms with Crippen LogP contribution in [0.4, 0.5) is 0 Å². The predicted octanol–water partition coefficient (Wildman–Crippen LogP) is -0.417. The van der Waals surface area contributed by atoms with Crippen LogP contribution in [0.5, 0.6) is 0 Å². The van der Waals surface area contributed by atoms with Crippen LogP contribution < -0.4 is 5.32 Å². The molecule has 0 aliphatic carbocycles. The summed E-state index contributed by atoms with van der Waals surface area (Å²) in [6, 6.07) is 5.46. The Hall–Kier alpha value is -1.91. The summed E-state index contributed by atoms with van der Waals surface area (Å²) in [5, 5.41) is 2.68. The number of piperazine rings is 1. The number of rotatable bonds is 2. The Labute approximate surface area is 93.5 Å². The Bertz CT molecular complexity index is 391. The van der Waals surface area contributed by atoms with Crippen LogP contribution in [-0.4, -0.2) is 41.3 Å². The van der Waals surface area contributed by atoms with E-state index in [1.54, 1.807) is 11.1 Å². The molecule has 16 heavy (non-hydrogen) atoms. The minimum atomic E-state index is -0.0966. The van der Waals surface area contributed by atoms with Crippen molar-refractivity contribution in [3.05, 3.63) is 30.1 Å². The van der Waals surface area contributed by atoms with Crippen LogP contribution in [0.3, 0.4) is 0 Å². The predicted molar refractivity (Wildman–Crippen MR) is 57.5 cm³/mol. The van der Waals surface area contributed by atoms with E-state index in [0.29, 0.717) is 13.1 Å². The monoisotopic (exact) mass is 219 g/mol. The van der Waals surface area contributed by atoms with Gasteiger partial charge in [0, 0.05) is 25.0 Å². The third-order valence-electron chi connectivity index (χ3n) is 2.45. The molecule has 0 radical (unpaired) electrons. The molecular formula is C11H13N3O2. The lowest BCUT2D eigenvalue weighted by Gasteiger charge is -2.26. The molecule has 0 saturated carbocycles. The molecule has 1 aromatic rings. The molecule has 1 fully saturated rings. The van der Waals surface area contributed by atoms with E-state index < -0.39 is 0 Å². The summed E-state index contributed by atoms with van der Waals surface area (Å²) in [5.74, 6) is -0.144. The van der Waals surface area contributed by atoms with Gasteiger partial charge in [-0.05, 0) is 12.1 Å². The van der Waals surface area contributed by atoms with Crippen molar-refractivity contribution in [3.63, 3.8) is 0 Å². The van der Waals surface area contributed by atoms with Crippen LogP contribution in [0.15, 0.2) is 24.4 Å². The highest BCUT2D eigenvalue weighted by atomic mass is 16.2. The number of nitrogens with one attached hydrogen (secondary N) is 1. The van der Waals surface area contributed by atoms with Gasteiger partial charge in [-0.1, -0.05) is 6.07 Å². The van der Waals surface area contributed by atoms with E-state index in [1.807, 2.05) is 18.2 Å². The standard InChI is InChI=1S/C11H13N3O2/c15-10-8-14(6-5-13-10)11(16)7-9-3-1-2-4-12-9/h1-4H,5-8H2,(H,13,15). The molecular weight excluding hydrogens is 206 g/mol. The van der Waals surface area contributed by atoms with Crippen LogP contribution in [0.1, 0.15) is 5.69 Å². The minimum Gasteiger partial charge on any atom is -0.353 e. The second-order valence-corrected chi connectivity index (χ2v) is 3.66. The number of hydrogen-bond acceptors (Lipinski definition) is 3. The second-order valence-electron chi connectivity index (χ2n) is 3.66. The Morgan fingerprint density at radius 2 is 2.38 bits per heavy atom. The van der Waals surface area contributed by atoms with Crippen molar-refractivity contribution in [1.82, 2.24) is 15.2 Å². The van der Waals surface area contributed by atoms with Crippen molar-refractivity contribution in [3.8, 4) is 0 Å². The molecule has 1 N–H and O–H groups in total. The molecule has 1 saturated heterocycles. The van der Waals surface area contributed by atoms with Gasteiger partial charge in [0.2, 0.25) is 11.8 Å². The van der Waals surface area contributed by atoms with Crippen LogP contribution in [0, 0.1) is 0 Å². The minimum absolute atomic E-state index is 0.0476. The quantitative estimate of drug-likeness (QED) is 0.735. The zero-order valence-electron chi connectivity index (χ0n) is 8.85. The Kier molecular flexibility index (Phi) is 3.14. The molecule has 0 bridgehead atoms. The lowest BCUT2D eigenvalue weighted by atomic mass is 10.2. The number of carbonyl (C=O) groups excluding carboxylic acids is 2. The molecule has 5 heteroatoms. The molecule has 2 heterocycles. The fourth-order valence-electron chi connectivity index (χ4n) is 1.62. The third kappa shape index (κ3) is 2.56. The van der Waals surface area contributed by atoms with Crippen molar-refractivity contribution in [2.75, 3.05) is 19.6 Å². The third-order valence-corrected chi connectivity index (χ3v) is 2.45. The van der Waals surface area contributed by atoms with E-state index in [2.05, 4.69) is 10.3 Å². The zero-order valence-corrected chi connectivity index (χ0v) is 8.85. The van der Waals surface area contributed by atoms with Crippen LogP contribution in [0.2, 0.25) is 0 Å². The van der Waals surface area contributed by atoms with E-state index in [1.165, 1.54) is 0 Å². The van der Waals surface area contributed by atoms with Crippen molar-refractivity contribution in [1.29, 1.82) is 0 Å². The van der Waals surface area contributed by atoms with Crippen LogP contribution in [-0.2, 0) is 16.0 Å². The maximum atomic E-state index is 11.8. The molecule has 5 nitrogen and oxygen atoms in total. The van der Waals surface area contributed by atoms with Gasteiger partial charge in [-0.3, -0.25) is 14.6 Å². The first-order chi connectivity index (χ1) is 7.75. The SMILES string of the molecule is O=C1CN(C(=O)Cc2ccccn2)CCN1. The number of pyridine rings is 1. The number of hydrogen-bond donors (Lipinski definition) is 1. The lowest BCUT2D eigenvalue weighted by molar-refractivity contribution is -0.137. The van der Waals surface area contributed by atoms with Crippen molar-refractivity contribution >= 4 is 11.8 Å². The topological polar surface area (TPSA) is 62.3 Å². The van der Waals surface area contributed by atoms with Gasteiger partial charge in [0.05, 0.1) is 13.0 Å². The first-order valence-corrected chi connectivity index (χ1v) is 5.20. The van der Waals surface area contributed by atoms with Crippen LogP contribution in [0.25, 0.3) is 0 Å².